The number of hydrogen-bond donors (Lipinski definition) is 1. The smallest absolute Gasteiger partial charge is 0.231 e. The van der Waals surface area contributed by atoms with Gasteiger partial charge in [0.2, 0.25) is 6.79 Å². The molecule has 2 heterocycles. The van der Waals surface area contributed by atoms with Crippen LogP contribution in [0.5, 0.6) is 11.5 Å². The average Bonchev–Trinajstić information content (AvgIpc) is 3.37. The Morgan fingerprint density at radius 3 is 2.67 bits per heavy atom. The van der Waals surface area contributed by atoms with Crippen molar-refractivity contribution in [3.8, 4) is 11.5 Å². The Morgan fingerprint density at radius 2 is 1.87 bits per heavy atom. The van der Waals surface area contributed by atoms with Crippen molar-refractivity contribution in [2.45, 2.75) is 0 Å². The first-order chi connectivity index (χ1) is 14.6. The summed E-state index contributed by atoms with van der Waals surface area (Å²) >= 11 is 9.68. The van der Waals surface area contributed by atoms with E-state index < -0.39 is 0 Å². The lowest BCUT2D eigenvalue weighted by atomic mass is 10.00. The van der Waals surface area contributed by atoms with Gasteiger partial charge < -0.3 is 14.5 Å². The van der Waals surface area contributed by atoms with Crippen LogP contribution < -0.4 is 9.47 Å². The van der Waals surface area contributed by atoms with Crippen LogP contribution >= 0.6 is 27.5 Å². The van der Waals surface area contributed by atoms with Gasteiger partial charge in [0.15, 0.2) is 17.3 Å². The van der Waals surface area contributed by atoms with E-state index in [2.05, 4.69) is 25.9 Å². The molecule has 0 radical (unpaired) electrons. The quantitative estimate of drug-likeness (QED) is 0.281. The third-order valence-corrected chi connectivity index (χ3v) is 5.69. The summed E-state index contributed by atoms with van der Waals surface area (Å²) in [6.07, 6.45) is 1.78. The fraction of sp³-hybridized carbons (Fsp3) is 0.0435. The monoisotopic (exact) mass is 480 g/mol. The van der Waals surface area contributed by atoms with Crippen LogP contribution in [0.1, 0.15) is 21.7 Å². The molecule has 0 unspecified atom stereocenters. The predicted octanol–water partition coefficient (Wildman–Crippen LogP) is 6.13. The molecule has 7 heteroatoms. The molecular weight excluding hydrogens is 468 g/mol. The number of ketones is 1. The first-order valence-electron chi connectivity index (χ1n) is 9.15. The van der Waals surface area contributed by atoms with E-state index in [4.69, 9.17) is 21.1 Å². The number of hydrogen-bond acceptors (Lipinski definition) is 4. The fourth-order valence-corrected chi connectivity index (χ4v) is 3.93. The molecule has 0 fully saturated rings. The maximum atomic E-state index is 13.5. The number of ether oxygens (including phenoxy) is 2. The minimum absolute atomic E-state index is 0.173. The van der Waals surface area contributed by atoms with Gasteiger partial charge in [-0.25, -0.2) is 4.98 Å². The number of aromatic nitrogens is 2. The molecule has 4 aromatic rings. The molecule has 1 aliphatic heterocycles. The van der Waals surface area contributed by atoms with Gasteiger partial charge in [-0.1, -0.05) is 51.8 Å². The minimum atomic E-state index is -0.193. The number of rotatable bonds is 4. The molecule has 1 aromatic heterocycles. The number of benzene rings is 3. The second kappa shape index (κ2) is 7.63. The lowest BCUT2D eigenvalue weighted by Crippen LogP contribution is -2.04. The molecule has 0 bridgehead atoms. The van der Waals surface area contributed by atoms with Gasteiger partial charge >= 0.3 is 0 Å². The minimum Gasteiger partial charge on any atom is -0.454 e. The highest BCUT2D eigenvalue weighted by Gasteiger charge is 2.21. The number of carbonyl (C=O) groups excluding carboxylic acids is 1. The zero-order chi connectivity index (χ0) is 20.7. The third-order valence-electron chi connectivity index (χ3n) is 4.77. The van der Waals surface area contributed by atoms with E-state index in [9.17, 15) is 4.79 Å². The molecule has 5 rings (SSSR count). The molecule has 0 saturated carbocycles. The normalized spacial score (nSPS) is 13.1. The number of halogens is 2. The number of fused-ring (bicyclic) bond motifs is 2. The highest BCUT2D eigenvalue weighted by Crippen LogP contribution is 2.38. The zero-order valence-corrected chi connectivity index (χ0v) is 17.8. The first kappa shape index (κ1) is 18.9. The highest BCUT2D eigenvalue weighted by molar-refractivity contribution is 9.10. The SMILES string of the molecule is O=C(/C(=C\c1cc2c(cc1Br)OCO2)c1nc2ccccc2[nH]1)c1cccc(Cl)c1. The van der Waals surface area contributed by atoms with E-state index in [1.807, 2.05) is 36.4 Å². The predicted molar refractivity (Wildman–Crippen MR) is 120 cm³/mol. The summed E-state index contributed by atoms with van der Waals surface area (Å²) in [6, 6.07) is 18.2. The maximum Gasteiger partial charge on any atom is 0.231 e. The lowest BCUT2D eigenvalue weighted by molar-refractivity contribution is 0.105. The van der Waals surface area contributed by atoms with Crippen LogP contribution in [-0.2, 0) is 0 Å². The van der Waals surface area contributed by atoms with Crippen molar-refractivity contribution in [3.05, 3.63) is 87.1 Å². The Hall–Kier alpha value is -3.09. The molecule has 5 nitrogen and oxygen atoms in total. The van der Waals surface area contributed by atoms with Gasteiger partial charge in [0.1, 0.15) is 5.82 Å². The summed E-state index contributed by atoms with van der Waals surface area (Å²) in [5.74, 6) is 1.57. The second-order valence-electron chi connectivity index (χ2n) is 6.73. The molecule has 1 N–H and O–H groups in total. The molecule has 0 spiro atoms. The Morgan fingerprint density at radius 1 is 1.07 bits per heavy atom. The van der Waals surface area contributed by atoms with Gasteiger partial charge in [-0.3, -0.25) is 4.79 Å². The summed E-state index contributed by atoms with van der Waals surface area (Å²) in [5.41, 5.74) is 3.29. The Labute approximate surface area is 185 Å². The number of carbonyl (C=O) groups is 1. The van der Waals surface area contributed by atoms with Crippen LogP contribution in [0.25, 0.3) is 22.7 Å². The number of Topliss-reactive ketones (excluding diaryl/α,β-unsaturated/α-hetero) is 1. The van der Waals surface area contributed by atoms with Crippen molar-refractivity contribution in [3.63, 3.8) is 0 Å². The zero-order valence-electron chi connectivity index (χ0n) is 15.5. The number of para-hydroxylation sites is 2. The molecule has 30 heavy (non-hydrogen) atoms. The molecule has 0 amide bonds. The van der Waals surface area contributed by atoms with Crippen LogP contribution in [-0.4, -0.2) is 22.5 Å². The number of imidazole rings is 1. The standard InChI is InChI=1S/C23H14BrClN2O3/c24-17-11-21-20(29-12-30-21)10-14(17)9-16(22(28)13-4-3-5-15(25)8-13)23-26-18-6-1-2-7-19(18)27-23/h1-11H,12H2,(H,26,27)/b16-9+. The summed E-state index contributed by atoms with van der Waals surface area (Å²) in [5, 5.41) is 0.495. The van der Waals surface area contributed by atoms with Crippen molar-refractivity contribution in [2.75, 3.05) is 6.79 Å². The number of nitrogens with one attached hydrogen (secondary N) is 1. The Kier molecular flexibility index (Phi) is 4.81. The van der Waals surface area contributed by atoms with Gasteiger partial charge in [0.25, 0.3) is 0 Å². The largest absolute Gasteiger partial charge is 0.454 e. The highest BCUT2D eigenvalue weighted by atomic mass is 79.9. The molecule has 3 aromatic carbocycles. The van der Waals surface area contributed by atoms with Crippen molar-refractivity contribution in [1.82, 2.24) is 9.97 Å². The van der Waals surface area contributed by atoms with Crippen LogP contribution in [0.4, 0.5) is 0 Å². The third kappa shape index (κ3) is 3.49. The Balaban J connectivity index is 1.68. The molecule has 0 saturated heterocycles. The van der Waals surface area contributed by atoms with Gasteiger partial charge in [-0.15, -0.1) is 0 Å². The summed E-state index contributed by atoms with van der Waals surface area (Å²) in [7, 11) is 0. The molecule has 148 valence electrons. The lowest BCUT2D eigenvalue weighted by Gasteiger charge is -2.07. The number of H-pyrrole nitrogens is 1. The van der Waals surface area contributed by atoms with E-state index in [0.29, 0.717) is 33.5 Å². The summed E-state index contributed by atoms with van der Waals surface area (Å²) < 4.78 is 11.7. The van der Waals surface area contributed by atoms with Crippen LogP contribution in [0.15, 0.2) is 65.1 Å². The van der Waals surface area contributed by atoms with E-state index in [0.717, 1.165) is 21.1 Å². The van der Waals surface area contributed by atoms with Gasteiger partial charge in [-0.2, -0.15) is 0 Å². The number of allylic oxidation sites excluding steroid dienone is 1. The van der Waals surface area contributed by atoms with Gasteiger partial charge in [0, 0.05) is 15.1 Å². The second-order valence-corrected chi connectivity index (χ2v) is 8.02. The van der Waals surface area contributed by atoms with Crippen molar-refractivity contribution in [2.24, 2.45) is 0 Å². The number of nitrogens with zero attached hydrogens (tertiary/aromatic N) is 1. The molecule has 0 atom stereocenters. The van der Waals surface area contributed by atoms with Crippen molar-refractivity contribution in [1.29, 1.82) is 0 Å². The maximum absolute atomic E-state index is 13.5. The Bertz CT molecular complexity index is 1300. The molecule has 0 aliphatic carbocycles. The van der Waals surface area contributed by atoms with Crippen molar-refractivity contribution >= 4 is 56.0 Å². The fourth-order valence-electron chi connectivity index (χ4n) is 3.31. The summed E-state index contributed by atoms with van der Waals surface area (Å²) in [4.78, 5) is 21.3. The van der Waals surface area contributed by atoms with E-state index in [1.54, 1.807) is 30.3 Å². The van der Waals surface area contributed by atoms with E-state index in [1.165, 1.54) is 0 Å². The van der Waals surface area contributed by atoms with Crippen LogP contribution in [0, 0.1) is 0 Å². The van der Waals surface area contributed by atoms with Crippen molar-refractivity contribution < 1.29 is 14.3 Å². The topological polar surface area (TPSA) is 64.2 Å². The summed E-state index contributed by atoms with van der Waals surface area (Å²) in [6.45, 7) is 0.173. The first-order valence-corrected chi connectivity index (χ1v) is 10.3. The van der Waals surface area contributed by atoms with Gasteiger partial charge in [-0.05, 0) is 48.0 Å². The van der Waals surface area contributed by atoms with Crippen LogP contribution in [0.3, 0.4) is 0 Å². The van der Waals surface area contributed by atoms with Crippen LogP contribution in [0.2, 0.25) is 5.02 Å². The van der Waals surface area contributed by atoms with E-state index in [-0.39, 0.29) is 12.6 Å². The van der Waals surface area contributed by atoms with Gasteiger partial charge in [0.05, 0.1) is 16.6 Å². The number of aromatic amines is 1. The molecule has 1 aliphatic rings. The molecular formula is C23H14BrClN2O3. The average molecular weight is 482 g/mol. The van der Waals surface area contributed by atoms with E-state index >= 15 is 0 Å².